The fourth-order valence-electron chi connectivity index (χ4n) is 1.69. The van der Waals surface area contributed by atoms with Crippen molar-refractivity contribution in [3.05, 3.63) is 58.7 Å². The molecule has 0 fully saturated rings. The maximum Gasteiger partial charge on any atom is 0.339 e. The molecule has 0 bridgehead atoms. The number of carboxylic acids is 4. The van der Waals surface area contributed by atoms with Crippen LogP contribution in [0.2, 0.25) is 0 Å². The molecule has 6 N–H and O–H groups in total. The van der Waals surface area contributed by atoms with Crippen LogP contribution in [0.3, 0.4) is 0 Å². The molecule has 0 aliphatic rings. The fourth-order valence-corrected chi connectivity index (χ4v) is 1.69. The van der Waals surface area contributed by atoms with E-state index >= 15 is 0 Å². The van der Waals surface area contributed by atoms with Gasteiger partial charge < -0.3 is 30.6 Å². The summed E-state index contributed by atoms with van der Waals surface area (Å²) in [6.45, 7) is 0. The Balaban J connectivity index is 0.000000260. The summed E-state index contributed by atoms with van der Waals surface area (Å²) in [4.78, 5) is 41.5. The van der Waals surface area contributed by atoms with Crippen molar-refractivity contribution < 1.29 is 49.8 Å². The molecule has 0 saturated carbocycles. The highest BCUT2D eigenvalue weighted by atomic mass is 16.4. The zero-order chi connectivity index (χ0) is 20.0. The average Bonchev–Trinajstić information content (AvgIpc) is 2.54. The highest BCUT2D eigenvalue weighted by Crippen LogP contribution is 2.19. The molecule has 2 aromatic carbocycles. The van der Waals surface area contributed by atoms with Crippen LogP contribution in [0.15, 0.2) is 36.4 Å². The van der Waals surface area contributed by atoms with E-state index in [1.165, 1.54) is 0 Å². The summed E-state index contributed by atoms with van der Waals surface area (Å²) in [7, 11) is 0. The molecule has 136 valence electrons. The monoisotopic (exact) mass is 364 g/mol. The molecule has 0 amide bonds. The fraction of sp³-hybridized carbons (Fsp3) is 0. The number of carbonyl (C=O) groups is 4. The van der Waals surface area contributed by atoms with Gasteiger partial charge in [0, 0.05) is 0 Å². The van der Waals surface area contributed by atoms with E-state index in [0.717, 1.165) is 36.4 Å². The van der Waals surface area contributed by atoms with Crippen molar-refractivity contribution in [2.45, 2.75) is 0 Å². The average molecular weight is 364 g/mol. The van der Waals surface area contributed by atoms with Gasteiger partial charge in [-0.2, -0.15) is 0 Å². The number of aromatic hydroxyl groups is 2. The summed E-state index contributed by atoms with van der Waals surface area (Å²) < 4.78 is 0. The molecule has 26 heavy (non-hydrogen) atoms. The third kappa shape index (κ3) is 4.96. The lowest BCUT2D eigenvalue weighted by Crippen LogP contribution is -2.00. The van der Waals surface area contributed by atoms with Gasteiger partial charge in [-0.25, -0.2) is 19.2 Å². The summed E-state index contributed by atoms with van der Waals surface area (Å²) in [6.07, 6.45) is 0. The van der Waals surface area contributed by atoms with Crippen LogP contribution in [0, 0.1) is 0 Å². The third-order valence-electron chi connectivity index (χ3n) is 2.95. The van der Waals surface area contributed by atoms with E-state index in [2.05, 4.69) is 0 Å². The Hall–Kier alpha value is -4.08. The van der Waals surface area contributed by atoms with Crippen LogP contribution in [-0.2, 0) is 0 Å². The number of hydrogen-bond acceptors (Lipinski definition) is 6. The van der Waals surface area contributed by atoms with Gasteiger partial charge in [-0.05, 0) is 36.4 Å². The van der Waals surface area contributed by atoms with Gasteiger partial charge >= 0.3 is 23.9 Å². The largest absolute Gasteiger partial charge is 0.507 e. The van der Waals surface area contributed by atoms with Crippen LogP contribution in [-0.4, -0.2) is 54.5 Å². The summed E-state index contributed by atoms with van der Waals surface area (Å²) >= 11 is 0. The predicted octanol–water partition coefficient (Wildman–Crippen LogP) is 1.58. The molecule has 2 aromatic rings. The molecular formula is C16H12O10. The Morgan fingerprint density at radius 3 is 1.04 bits per heavy atom. The smallest absolute Gasteiger partial charge is 0.339 e. The van der Waals surface area contributed by atoms with Crippen molar-refractivity contribution >= 4 is 23.9 Å². The summed E-state index contributed by atoms with van der Waals surface area (Å²) in [5, 5.41) is 52.1. The van der Waals surface area contributed by atoms with Gasteiger partial charge in [0.25, 0.3) is 0 Å². The molecule has 0 aliphatic heterocycles. The van der Waals surface area contributed by atoms with E-state index in [0.29, 0.717) is 0 Å². The van der Waals surface area contributed by atoms with Crippen LogP contribution in [0.25, 0.3) is 0 Å². The van der Waals surface area contributed by atoms with Crippen LogP contribution in [0.5, 0.6) is 11.5 Å². The highest BCUT2D eigenvalue weighted by molar-refractivity contribution is 5.95. The number of rotatable bonds is 4. The molecule has 0 radical (unpaired) electrons. The summed E-state index contributed by atoms with van der Waals surface area (Å²) in [5.41, 5.74) is -0.931. The lowest BCUT2D eigenvalue weighted by molar-refractivity contribution is 0.0678. The highest BCUT2D eigenvalue weighted by Gasteiger charge is 2.12. The Morgan fingerprint density at radius 1 is 0.538 bits per heavy atom. The first-order valence-electron chi connectivity index (χ1n) is 6.63. The van der Waals surface area contributed by atoms with E-state index in [9.17, 15) is 19.2 Å². The Labute approximate surface area is 144 Å². The van der Waals surface area contributed by atoms with Gasteiger partial charge in [0.1, 0.15) is 22.6 Å². The molecule has 0 atom stereocenters. The first kappa shape index (κ1) is 20.0. The molecule has 0 aromatic heterocycles. The summed E-state index contributed by atoms with van der Waals surface area (Å²) in [5.74, 6) is -6.12. The minimum absolute atomic E-state index is 0.150. The Kier molecular flexibility index (Phi) is 6.26. The maximum absolute atomic E-state index is 10.4. The van der Waals surface area contributed by atoms with Crippen LogP contribution in [0.1, 0.15) is 41.4 Å². The van der Waals surface area contributed by atoms with E-state index in [1.807, 2.05) is 0 Å². The zero-order valence-electron chi connectivity index (χ0n) is 12.8. The zero-order valence-corrected chi connectivity index (χ0v) is 12.8. The van der Waals surface area contributed by atoms with Crippen LogP contribution >= 0.6 is 0 Å². The number of carboxylic acid groups (broad SMARTS) is 4. The lowest BCUT2D eigenvalue weighted by Gasteiger charge is -1.99. The van der Waals surface area contributed by atoms with Gasteiger partial charge in [0.15, 0.2) is 0 Å². The lowest BCUT2D eigenvalue weighted by atomic mass is 10.1. The molecule has 10 heteroatoms. The van der Waals surface area contributed by atoms with Gasteiger partial charge in [-0.1, -0.05) is 0 Å². The first-order valence-corrected chi connectivity index (χ1v) is 6.63. The number of hydrogen-bond donors (Lipinski definition) is 6. The predicted molar refractivity (Wildman–Crippen MR) is 84.1 cm³/mol. The standard InChI is InChI=1S/2C8H6O5/c2*9-6-3-4(7(10)11)1-2-5(6)8(12)13/h2*1-3,9H,(H,10,11)(H,12,13). The number of benzene rings is 2. The third-order valence-corrected chi connectivity index (χ3v) is 2.95. The molecule has 0 spiro atoms. The molecule has 0 saturated heterocycles. The second-order valence-corrected chi connectivity index (χ2v) is 4.68. The quantitative estimate of drug-likeness (QED) is 0.464. The minimum Gasteiger partial charge on any atom is -0.507 e. The SMILES string of the molecule is O=C(O)c1ccc(C(=O)O)c(O)c1.O=C(O)c1ccc(C(=O)O)c(O)c1. The van der Waals surface area contributed by atoms with Crippen LogP contribution < -0.4 is 0 Å². The molecule has 2 rings (SSSR count). The molecule has 10 nitrogen and oxygen atoms in total. The van der Waals surface area contributed by atoms with E-state index in [-0.39, 0.29) is 22.3 Å². The normalized spacial score (nSPS) is 9.54. The molecule has 0 aliphatic carbocycles. The van der Waals surface area contributed by atoms with Crippen molar-refractivity contribution in [1.29, 1.82) is 0 Å². The first-order chi connectivity index (χ1) is 12.0. The van der Waals surface area contributed by atoms with E-state index in [1.54, 1.807) is 0 Å². The van der Waals surface area contributed by atoms with Crippen molar-refractivity contribution in [2.75, 3.05) is 0 Å². The second kappa shape index (κ2) is 8.15. The van der Waals surface area contributed by atoms with E-state index in [4.69, 9.17) is 30.6 Å². The van der Waals surface area contributed by atoms with Gasteiger partial charge in [0.2, 0.25) is 0 Å². The Morgan fingerprint density at radius 2 is 0.846 bits per heavy atom. The maximum atomic E-state index is 10.4. The van der Waals surface area contributed by atoms with Gasteiger partial charge in [0.05, 0.1) is 11.1 Å². The van der Waals surface area contributed by atoms with Crippen molar-refractivity contribution in [2.24, 2.45) is 0 Å². The summed E-state index contributed by atoms with van der Waals surface area (Å²) in [6, 6.07) is 6.11. The Bertz CT molecular complexity index is 811. The second-order valence-electron chi connectivity index (χ2n) is 4.68. The topological polar surface area (TPSA) is 190 Å². The van der Waals surface area contributed by atoms with Gasteiger partial charge in [-0.3, -0.25) is 0 Å². The molecular weight excluding hydrogens is 352 g/mol. The van der Waals surface area contributed by atoms with Gasteiger partial charge in [-0.15, -0.1) is 0 Å². The number of phenols is 2. The molecule has 0 unspecified atom stereocenters. The van der Waals surface area contributed by atoms with Crippen molar-refractivity contribution in [3.63, 3.8) is 0 Å². The van der Waals surface area contributed by atoms with Crippen molar-refractivity contribution in [1.82, 2.24) is 0 Å². The molecule has 0 heterocycles. The minimum atomic E-state index is -1.30. The van der Waals surface area contributed by atoms with E-state index < -0.39 is 35.4 Å². The number of aromatic carboxylic acids is 4. The van der Waals surface area contributed by atoms with Crippen molar-refractivity contribution in [3.8, 4) is 11.5 Å². The van der Waals surface area contributed by atoms with Crippen LogP contribution in [0.4, 0.5) is 0 Å².